The van der Waals surface area contributed by atoms with Gasteiger partial charge in [-0.1, -0.05) is 0 Å². The van der Waals surface area contributed by atoms with E-state index >= 15 is 0 Å². The fourth-order valence-electron chi connectivity index (χ4n) is 3.52. The van der Waals surface area contributed by atoms with Gasteiger partial charge in [-0.25, -0.2) is 9.78 Å². The van der Waals surface area contributed by atoms with Gasteiger partial charge in [0.15, 0.2) is 5.69 Å². The number of hydrogen-bond donors (Lipinski definition) is 1. The number of nitrogens with zero attached hydrogens (tertiary/aromatic N) is 3. The number of carbonyl (C=O) groups excluding carboxylic acids is 1. The second-order valence-electron chi connectivity index (χ2n) is 7.13. The topological polar surface area (TPSA) is 92.6 Å². The number of benzene rings is 1. The lowest BCUT2D eigenvalue weighted by Crippen LogP contribution is -2.48. The third-order valence-corrected chi connectivity index (χ3v) is 4.99. The third-order valence-electron chi connectivity index (χ3n) is 4.99. The number of carboxylic acids is 1. The molecule has 0 spiro atoms. The van der Waals surface area contributed by atoms with Crippen molar-refractivity contribution in [3.8, 4) is 17.0 Å². The first-order chi connectivity index (χ1) is 12.8. The van der Waals surface area contributed by atoms with E-state index in [2.05, 4.69) is 16.9 Å². The van der Waals surface area contributed by atoms with Crippen LogP contribution in [0, 0.1) is 6.92 Å². The molecular formula is C20H23N3O4. The maximum atomic E-state index is 11.8. The molecule has 0 aliphatic carbocycles. The number of amides is 1. The minimum absolute atomic E-state index is 0.0718. The molecule has 0 saturated carbocycles. The standard InChI is InChI=1S/C20H23N3O4/c1-13-9-15(16-10-21-11-17(22-16)19(25)26)5-6-18(13)27-12-20(3)7-4-8-23(20)14(2)24/h5-6,9-11H,4,7-8,12H2,1-3H3,(H,25,26)/t20-/m0/s1. The summed E-state index contributed by atoms with van der Waals surface area (Å²) in [7, 11) is 0. The Morgan fingerprint density at radius 3 is 2.78 bits per heavy atom. The summed E-state index contributed by atoms with van der Waals surface area (Å²) in [4.78, 5) is 32.8. The first kappa shape index (κ1) is 18.8. The molecule has 1 aliphatic heterocycles. The van der Waals surface area contributed by atoms with Gasteiger partial charge in [0.25, 0.3) is 0 Å². The fourth-order valence-corrected chi connectivity index (χ4v) is 3.52. The highest BCUT2D eigenvalue weighted by Crippen LogP contribution is 2.31. The van der Waals surface area contributed by atoms with Crippen molar-refractivity contribution in [1.82, 2.24) is 14.9 Å². The molecular weight excluding hydrogens is 346 g/mol. The average molecular weight is 369 g/mol. The van der Waals surface area contributed by atoms with Crippen LogP contribution >= 0.6 is 0 Å². The number of ether oxygens (including phenoxy) is 1. The number of aromatic carboxylic acids is 1. The summed E-state index contributed by atoms with van der Waals surface area (Å²) in [6.07, 6.45) is 4.66. The van der Waals surface area contributed by atoms with E-state index < -0.39 is 5.97 Å². The van der Waals surface area contributed by atoms with E-state index in [9.17, 15) is 9.59 Å². The maximum Gasteiger partial charge on any atom is 0.356 e. The zero-order valence-electron chi connectivity index (χ0n) is 15.7. The SMILES string of the molecule is CC(=O)N1CCC[C@@]1(C)COc1ccc(-c2cncc(C(=O)O)n2)cc1C. The Balaban J connectivity index is 1.77. The molecule has 1 atom stereocenters. The van der Waals surface area contributed by atoms with E-state index in [1.54, 1.807) is 6.92 Å². The number of carboxylic acid groups (broad SMARTS) is 1. The number of rotatable bonds is 5. The monoisotopic (exact) mass is 369 g/mol. The number of hydrogen-bond acceptors (Lipinski definition) is 5. The summed E-state index contributed by atoms with van der Waals surface area (Å²) in [5, 5.41) is 9.06. The van der Waals surface area contributed by atoms with Gasteiger partial charge < -0.3 is 14.7 Å². The number of carbonyl (C=O) groups is 2. The quantitative estimate of drug-likeness (QED) is 0.871. The van der Waals surface area contributed by atoms with Crippen molar-refractivity contribution < 1.29 is 19.4 Å². The summed E-state index contributed by atoms with van der Waals surface area (Å²) in [5.74, 6) is -0.304. The van der Waals surface area contributed by atoms with E-state index in [4.69, 9.17) is 9.84 Å². The first-order valence-corrected chi connectivity index (χ1v) is 8.87. The molecule has 1 aliphatic rings. The normalized spacial score (nSPS) is 19.1. The first-order valence-electron chi connectivity index (χ1n) is 8.87. The molecule has 142 valence electrons. The van der Waals surface area contributed by atoms with E-state index in [0.29, 0.717) is 12.3 Å². The van der Waals surface area contributed by atoms with Gasteiger partial charge >= 0.3 is 5.97 Å². The van der Waals surface area contributed by atoms with Crippen molar-refractivity contribution in [2.24, 2.45) is 0 Å². The van der Waals surface area contributed by atoms with Crippen LogP contribution in [-0.2, 0) is 4.79 Å². The Morgan fingerprint density at radius 2 is 2.11 bits per heavy atom. The maximum absolute atomic E-state index is 11.8. The van der Waals surface area contributed by atoms with Crippen molar-refractivity contribution in [3.63, 3.8) is 0 Å². The molecule has 1 aromatic heterocycles. The van der Waals surface area contributed by atoms with E-state index in [-0.39, 0.29) is 17.1 Å². The van der Waals surface area contributed by atoms with Crippen LogP contribution in [0.2, 0.25) is 0 Å². The van der Waals surface area contributed by atoms with Crippen molar-refractivity contribution >= 4 is 11.9 Å². The lowest BCUT2D eigenvalue weighted by Gasteiger charge is -2.34. The van der Waals surface area contributed by atoms with Crippen LogP contribution in [0.1, 0.15) is 42.7 Å². The van der Waals surface area contributed by atoms with Crippen molar-refractivity contribution in [1.29, 1.82) is 0 Å². The predicted octanol–water partition coefficient (Wildman–Crippen LogP) is 2.93. The highest BCUT2D eigenvalue weighted by Gasteiger charge is 2.39. The lowest BCUT2D eigenvalue weighted by molar-refractivity contribution is -0.133. The zero-order valence-corrected chi connectivity index (χ0v) is 15.7. The van der Waals surface area contributed by atoms with Crippen LogP contribution in [0.15, 0.2) is 30.6 Å². The summed E-state index contributed by atoms with van der Waals surface area (Å²) < 4.78 is 6.03. The molecule has 1 amide bonds. The zero-order chi connectivity index (χ0) is 19.6. The Kier molecular flexibility index (Phi) is 5.12. The van der Waals surface area contributed by atoms with Crippen LogP contribution < -0.4 is 4.74 Å². The molecule has 0 bridgehead atoms. The Bertz CT molecular complexity index is 883. The van der Waals surface area contributed by atoms with Crippen molar-refractivity contribution in [3.05, 3.63) is 41.9 Å². The third kappa shape index (κ3) is 3.92. The summed E-state index contributed by atoms with van der Waals surface area (Å²) >= 11 is 0. The number of aromatic nitrogens is 2. The minimum Gasteiger partial charge on any atom is -0.491 e. The van der Waals surface area contributed by atoms with Crippen LogP contribution in [0.3, 0.4) is 0 Å². The van der Waals surface area contributed by atoms with Crippen molar-refractivity contribution in [2.45, 2.75) is 39.2 Å². The minimum atomic E-state index is -1.11. The number of aryl methyl sites for hydroxylation is 1. The van der Waals surface area contributed by atoms with Gasteiger partial charge in [-0.3, -0.25) is 9.78 Å². The van der Waals surface area contributed by atoms with Crippen LogP contribution in [0.25, 0.3) is 11.3 Å². The largest absolute Gasteiger partial charge is 0.491 e. The molecule has 1 saturated heterocycles. The van der Waals surface area contributed by atoms with Gasteiger partial charge in [-0.05, 0) is 50.5 Å². The van der Waals surface area contributed by atoms with Gasteiger partial charge in [0.2, 0.25) is 5.91 Å². The average Bonchev–Trinajstić information content (AvgIpc) is 3.03. The van der Waals surface area contributed by atoms with E-state index in [0.717, 1.165) is 36.3 Å². The highest BCUT2D eigenvalue weighted by atomic mass is 16.5. The Morgan fingerprint density at radius 1 is 1.33 bits per heavy atom. The Labute approximate surface area is 158 Å². The van der Waals surface area contributed by atoms with Gasteiger partial charge in [0.1, 0.15) is 12.4 Å². The van der Waals surface area contributed by atoms with E-state index in [1.807, 2.05) is 30.0 Å². The summed E-state index contributed by atoms with van der Waals surface area (Å²) in [5.41, 5.74) is 1.79. The molecule has 0 unspecified atom stereocenters. The molecule has 7 nitrogen and oxygen atoms in total. The summed E-state index contributed by atoms with van der Waals surface area (Å²) in [6.45, 7) is 6.77. The second kappa shape index (κ2) is 7.34. The van der Waals surface area contributed by atoms with Gasteiger partial charge in [0, 0.05) is 19.0 Å². The van der Waals surface area contributed by atoms with Gasteiger partial charge in [-0.15, -0.1) is 0 Å². The lowest BCUT2D eigenvalue weighted by atomic mass is 10.00. The molecule has 1 aromatic carbocycles. The smallest absolute Gasteiger partial charge is 0.356 e. The molecule has 1 fully saturated rings. The molecule has 2 heterocycles. The van der Waals surface area contributed by atoms with Crippen LogP contribution in [0.4, 0.5) is 0 Å². The summed E-state index contributed by atoms with van der Waals surface area (Å²) in [6, 6.07) is 5.57. The van der Waals surface area contributed by atoms with E-state index in [1.165, 1.54) is 12.4 Å². The fraction of sp³-hybridized carbons (Fsp3) is 0.400. The molecule has 7 heteroatoms. The molecule has 1 N–H and O–H groups in total. The molecule has 0 radical (unpaired) electrons. The Hall–Kier alpha value is -2.96. The molecule has 2 aromatic rings. The van der Waals surface area contributed by atoms with Crippen molar-refractivity contribution in [2.75, 3.05) is 13.2 Å². The molecule has 3 rings (SSSR count). The highest BCUT2D eigenvalue weighted by molar-refractivity contribution is 5.85. The van der Waals surface area contributed by atoms with Gasteiger partial charge in [0.05, 0.1) is 23.6 Å². The van der Waals surface area contributed by atoms with Crippen LogP contribution in [0.5, 0.6) is 5.75 Å². The van der Waals surface area contributed by atoms with Gasteiger partial charge in [-0.2, -0.15) is 0 Å². The molecule has 27 heavy (non-hydrogen) atoms. The van der Waals surface area contributed by atoms with Crippen LogP contribution in [-0.4, -0.2) is 50.5 Å². The second-order valence-corrected chi connectivity index (χ2v) is 7.13. The predicted molar refractivity (Wildman–Crippen MR) is 99.7 cm³/mol. The number of likely N-dealkylation sites (tertiary alicyclic amines) is 1.